The smallest absolute Gasteiger partial charge is 0.202 e. The zero-order valence-corrected chi connectivity index (χ0v) is 7.93. The fourth-order valence-electron chi connectivity index (χ4n) is 1.17. The highest BCUT2D eigenvalue weighted by molar-refractivity contribution is 8.18. The Morgan fingerprint density at radius 2 is 2.36 bits per heavy atom. The number of carbonyl (C=O) groups excluding carboxylic acids is 1. The summed E-state index contributed by atoms with van der Waals surface area (Å²) in [4.78, 5) is 15.5. The molecule has 2 aliphatic heterocycles. The molecule has 2 heterocycles. The number of hydrogen-bond acceptors (Lipinski definition) is 4. The van der Waals surface area contributed by atoms with Crippen LogP contribution in [0, 0.1) is 5.41 Å². The second-order valence-electron chi connectivity index (χ2n) is 2.94. The van der Waals surface area contributed by atoms with Gasteiger partial charge >= 0.3 is 0 Å². The first-order valence-electron chi connectivity index (χ1n) is 3.58. The molecule has 0 unspecified atom stereocenters. The molecule has 1 saturated heterocycles. The standard InChI is InChI=1S/C7H9NOS2/c1-7(4-11-6(7)9)5-8-2-3-10-5/h2-4H2,1H3/t7-/m0/s1. The minimum Gasteiger partial charge on any atom is -0.286 e. The molecular weight excluding hydrogens is 178 g/mol. The van der Waals surface area contributed by atoms with Crippen molar-refractivity contribution < 1.29 is 4.79 Å². The van der Waals surface area contributed by atoms with E-state index in [-0.39, 0.29) is 5.41 Å². The van der Waals surface area contributed by atoms with E-state index in [2.05, 4.69) is 4.99 Å². The molecule has 0 amide bonds. The molecular formula is C7H9NOS2. The summed E-state index contributed by atoms with van der Waals surface area (Å²) in [6.07, 6.45) is 0. The summed E-state index contributed by atoms with van der Waals surface area (Å²) >= 11 is 3.17. The van der Waals surface area contributed by atoms with Crippen LogP contribution in [0.3, 0.4) is 0 Å². The van der Waals surface area contributed by atoms with Crippen LogP contribution in [0.2, 0.25) is 0 Å². The van der Waals surface area contributed by atoms with E-state index in [0.29, 0.717) is 5.12 Å². The fourth-order valence-corrected chi connectivity index (χ4v) is 3.29. The van der Waals surface area contributed by atoms with E-state index in [4.69, 9.17) is 0 Å². The van der Waals surface area contributed by atoms with Crippen LogP contribution < -0.4 is 0 Å². The van der Waals surface area contributed by atoms with E-state index in [9.17, 15) is 4.79 Å². The summed E-state index contributed by atoms with van der Waals surface area (Å²) in [5.74, 6) is 1.99. The maximum absolute atomic E-state index is 11.2. The average Bonchev–Trinajstić information content (AvgIpc) is 2.52. The Morgan fingerprint density at radius 1 is 1.55 bits per heavy atom. The highest BCUT2D eigenvalue weighted by Crippen LogP contribution is 2.44. The third-order valence-electron chi connectivity index (χ3n) is 2.00. The van der Waals surface area contributed by atoms with Crippen LogP contribution in [0.5, 0.6) is 0 Å². The lowest BCUT2D eigenvalue weighted by atomic mass is 9.95. The van der Waals surface area contributed by atoms with Crippen molar-refractivity contribution in [3.8, 4) is 0 Å². The quantitative estimate of drug-likeness (QED) is 0.621. The molecule has 0 aromatic rings. The van der Waals surface area contributed by atoms with Gasteiger partial charge in [-0.1, -0.05) is 11.8 Å². The van der Waals surface area contributed by atoms with E-state index in [0.717, 1.165) is 23.1 Å². The van der Waals surface area contributed by atoms with Gasteiger partial charge in [0.25, 0.3) is 0 Å². The van der Waals surface area contributed by atoms with Crippen LogP contribution in [0.15, 0.2) is 4.99 Å². The van der Waals surface area contributed by atoms with E-state index < -0.39 is 0 Å². The lowest BCUT2D eigenvalue weighted by molar-refractivity contribution is -0.116. The van der Waals surface area contributed by atoms with Crippen molar-refractivity contribution in [2.45, 2.75) is 6.92 Å². The number of aliphatic imine (C=N–C) groups is 1. The summed E-state index contributed by atoms with van der Waals surface area (Å²) in [6.45, 7) is 2.90. The van der Waals surface area contributed by atoms with Gasteiger partial charge in [0.2, 0.25) is 5.12 Å². The first-order valence-corrected chi connectivity index (χ1v) is 5.55. The lowest BCUT2D eigenvalue weighted by Crippen LogP contribution is -2.43. The Balaban J connectivity index is 2.19. The Morgan fingerprint density at radius 3 is 2.73 bits per heavy atom. The number of hydrogen-bond donors (Lipinski definition) is 0. The Labute approximate surface area is 74.2 Å². The van der Waals surface area contributed by atoms with Crippen molar-refractivity contribution in [2.24, 2.45) is 10.4 Å². The number of carbonyl (C=O) groups is 1. The predicted molar refractivity (Wildman–Crippen MR) is 50.3 cm³/mol. The minimum absolute atomic E-state index is 0.203. The molecule has 0 radical (unpaired) electrons. The van der Waals surface area contributed by atoms with Crippen LogP contribution in [-0.4, -0.2) is 28.2 Å². The molecule has 0 spiro atoms. The molecule has 4 heteroatoms. The Kier molecular flexibility index (Phi) is 1.76. The van der Waals surface area contributed by atoms with Gasteiger partial charge in [-0.05, 0) is 6.92 Å². The van der Waals surface area contributed by atoms with Crippen LogP contribution in [0.1, 0.15) is 6.92 Å². The van der Waals surface area contributed by atoms with Crippen molar-refractivity contribution in [3.05, 3.63) is 0 Å². The van der Waals surface area contributed by atoms with Crippen molar-refractivity contribution >= 4 is 33.7 Å². The molecule has 1 fully saturated rings. The van der Waals surface area contributed by atoms with Gasteiger partial charge in [0.15, 0.2) is 0 Å². The summed E-state index contributed by atoms with van der Waals surface area (Å²) in [6, 6.07) is 0. The van der Waals surface area contributed by atoms with Gasteiger partial charge in [-0.2, -0.15) is 0 Å². The molecule has 0 aromatic carbocycles. The van der Waals surface area contributed by atoms with E-state index in [1.807, 2.05) is 6.92 Å². The van der Waals surface area contributed by atoms with Gasteiger partial charge in [-0.15, -0.1) is 11.8 Å². The normalized spacial score (nSPS) is 36.8. The van der Waals surface area contributed by atoms with Gasteiger partial charge in [-0.3, -0.25) is 9.79 Å². The lowest BCUT2D eigenvalue weighted by Gasteiger charge is -2.34. The average molecular weight is 187 g/mol. The van der Waals surface area contributed by atoms with Gasteiger partial charge in [0, 0.05) is 18.1 Å². The number of nitrogens with zero attached hydrogens (tertiary/aromatic N) is 1. The molecule has 2 nitrogen and oxygen atoms in total. The molecule has 2 rings (SSSR count). The van der Waals surface area contributed by atoms with Gasteiger partial charge in [0.1, 0.15) is 0 Å². The topological polar surface area (TPSA) is 29.4 Å². The van der Waals surface area contributed by atoms with Crippen LogP contribution in [-0.2, 0) is 4.79 Å². The number of rotatable bonds is 1. The molecule has 2 aliphatic rings. The first-order chi connectivity index (χ1) is 5.23. The molecule has 11 heavy (non-hydrogen) atoms. The molecule has 1 atom stereocenters. The summed E-state index contributed by atoms with van der Waals surface area (Å²) in [5.41, 5.74) is -0.203. The van der Waals surface area contributed by atoms with Gasteiger partial charge in [0.05, 0.1) is 10.5 Å². The van der Waals surface area contributed by atoms with Crippen molar-refractivity contribution in [1.29, 1.82) is 0 Å². The van der Waals surface area contributed by atoms with E-state index >= 15 is 0 Å². The van der Waals surface area contributed by atoms with Crippen LogP contribution in [0.4, 0.5) is 0 Å². The Bertz CT molecular complexity index is 239. The first kappa shape index (κ1) is 7.68. The Hall–Kier alpha value is 0.0400. The van der Waals surface area contributed by atoms with Gasteiger partial charge < -0.3 is 0 Å². The second kappa shape index (κ2) is 2.52. The monoisotopic (exact) mass is 187 g/mol. The zero-order valence-electron chi connectivity index (χ0n) is 6.29. The maximum atomic E-state index is 11.2. The third kappa shape index (κ3) is 1.04. The van der Waals surface area contributed by atoms with Crippen LogP contribution >= 0.6 is 23.5 Å². The molecule has 0 aromatic heterocycles. The zero-order chi connectivity index (χ0) is 7.90. The molecule has 0 aliphatic carbocycles. The summed E-state index contributed by atoms with van der Waals surface area (Å²) in [5, 5.41) is 1.37. The van der Waals surface area contributed by atoms with E-state index in [1.165, 1.54) is 11.8 Å². The predicted octanol–water partition coefficient (Wildman–Crippen LogP) is 1.41. The highest BCUT2D eigenvalue weighted by Gasteiger charge is 2.47. The fraction of sp³-hybridized carbons (Fsp3) is 0.714. The van der Waals surface area contributed by atoms with Crippen molar-refractivity contribution in [2.75, 3.05) is 18.1 Å². The van der Waals surface area contributed by atoms with Crippen molar-refractivity contribution in [3.63, 3.8) is 0 Å². The molecule has 0 saturated carbocycles. The molecule has 0 N–H and O–H groups in total. The SMILES string of the molecule is C[C@@]1(C2=NCCS2)CSC1=O. The van der Waals surface area contributed by atoms with E-state index in [1.54, 1.807) is 11.8 Å². The summed E-state index contributed by atoms with van der Waals surface area (Å²) < 4.78 is 0. The number of thioether (sulfide) groups is 2. The largest absolute Gasteiger partial charge is 0.286 e. The second-order valence-corrected chi connectivity index (χ2v) is 4.98. The summed E-state index contributed by atoms with van der Waals surface area (Å²) in [7, 11) is 0. The molecule has 60 valence electrons. The maximum Gasteiger partial charge on any atom is 0.202 e. The van der Waals surface area contributed by atoms with Crippen molar-refractivity contribution in [1.82, 2.24) is 0 Å². The third-order valence-corrected chi connectivity index (χ3v) is 4.67. The minimum atomic E-state index is -0.203. The van der Waals surface area contributed by atoms with Crippen LogP contribution in [0.25, 0.3) is 0 Å². The van der Waals surface area contributed by atoms with Gasteiger partial charge in [-0.25, -0.2) is 0 Å². The molecule has 0 bridgehead atoms. The highest BCUT2D eigenvalue weighted by atomic mass is 32.2.